The summed E-state index contributed by atoms with van der Waals surface area (Å²) in [5.41, 5.74) is 10.8. The maximum atomic E-state index is 5.70. The second kappa shape index (κ2) is 4.22. The van der Waals surface area contributed by atoms with Crippen molar-refractivity contribution >= 4 is 0 Å². The summed E-state index contributed by atoms with van der Waals surface area (Å²) in [5, 5.41) is 0. The lowest BCUT2D eigenvalue weighted by molar-refractivity contribution is 0.326. The first-order valence-electron chi connectivity index (χ1n) is 5.93. The summed E-state index contributed by atoms with van der Waals surface area (Å²) in [5.74, 6) is 0.976. The van der Waals surface area contributed by atoms with Crippen LogP contribution in [0.4, 0.5) is 0 Å². The van der Waals surface area contributed by atoms with Crippen LogP contribution in [0.1, 0.15) is 11.1 Å². The van der Waals surface area contributed by atoms with Crippen LogP contribution in [0.15, 0.2) is 42.5 Å². The monoisotopic (exact) mass is 225 g/mol. The van der Waals surface area contributed by atoms with Crippen LogP contribution in [0.3, 0.4) is 0 Å². The Morgan fingerprint density at radius 1 is 1.00 bits per heavy atom. The molecular weight excluding hydrogens is 210 g/mol. The van der Waals surface area contributed by atoms with Crippen molar-refractivity contribution in [1.82, 2.24) is 0 Å². The first-order valence-corrected chi connectivity index (χ1v) is 5.93. The van der Waals surface area contributed by atoms with Gasteiger partial charge in [0.25, 0.3) is 0 Å². The van der Waals surface area contributed by atoms with Crippen LogP contribution in [-0.2, 0) is 6.42 Å². The molecule has 0 amide bonds. The second-order valence-electron chi connectivity index (χ2n) is 4.25. The summed E-state index contributed by atoms with van der Waals surface area (Å²) in [6, 6.07) is 14.8. The van der Waals surface area contributed by atoms with E-state index in [4.69, 9.17) is 10.5 Å². The lowest BCUT2D eigenvalue weighted by Crippen LogP contribution is -2.11. The molecule has 0 atom stereocenters. The van der Waals surface area contributed by atoms with Gasteiger partial charge in [0.05, 0.1) is 0 Å². The van der Waals surface area contributed by atoms with E-state index in [2.05, 4.69) is 30.3 Å². The van der Waals surface area contributed by atoms with E-state index in [1.54, 1.807) is 0 Å². The molecule has 0 bridgehead atoms. The number of hydrogen-bond donors (Lipinski definition) is 1. The van der Waals surface area contributed by atoms with Gasteiger partial charge in [-0.15, -0.1) is 0 Å². The van der Waals surface area contributed by atoms with Crippen molar-refractivity contribution in [3.63, 3.8) is 0 Å². The van der Waals surface area contributed by atoms with Crippen molar-refractivity contribution in [2.24, 2.45) is 5.73 Å². The minimum atomic E-state index is 0.552. The van der Waals surface area contributed by atoms with E-state index in [9.17, 15) is 0 Å². The molecule has 0 aliphatic heterocycles. The Kier molecular flexibility index (Phi) is 2.57. The zero-order valence-electron chi connectivity index (χ0n) is 9.65. The van der Waals surface area contributed by atoms with Crippen LogP contribution in [0, 0.1) is 0 Å². The third kappa shape index (κ3) is 1.71. The molecule has 1 aliphatic carbocycles. The Balaban J connectivity index is 2.05. The SMILES string of the molecule is NCCOc1cccc2c1Cc1ccccc1-2. The highest BCUT2D eigenvalue weighted by molar-refractivity contribution is 5.78. The van der Waals surface area contributed by atoms with Gasteiger partial charge in [-0.25, -0.2) is 0 Å². The van der Waals surface area contributed by atoms with Crippen LogP contribution in [0.2, 0.25) is 0 Å². The van der Waals surface area contributed by atoms with Crippen molar-refractivity contribution in [2.45, 2.75) is 6.42 Å². The van der Waals surface area contributed by atoms with Gasteiger partial charge in [0.15, 0.2) is 0 Å². The molecule has 2 aromatic rings. The summed E-state index contributed by atoms with van der Waals surface area (Å²) in [6.45, 7) is 1.13. The fourth-order valence-electron chi connectivity index (χ4n) is 2.43. The van der Waals surface area contributed by atoms with Crippen molar-refractivity contribution in [3.05, 3.63) is 53.6 Å². The summed E-state index contributed by atoms with van der Waals surface area (Å²) in [7, 11) is 0. The third-order valence-electron chi connectivity index (χ3n) is 3.18. The van der Waals surface area contributed by atoms with Gasteiger partial charge in [-0.2, -0.15) is 0 Å². The predicted octanol–water partition coefficient (Wildman–Crippen LogP) is 2.60. The minimum absolute atomic E-state index is 0.552. The smallest absolute Gasteiger partial charge is 0.123 e. The highest BCUT2D eigenvalue weighted by Crippen LogP contribution is 2.40. The van der Waals surface area contributed by atoms with E-state index < -0.39 is 0 Å². The minimum Gasteiger partial charge on any atom is -0.492 e. The average molecular weight is 225 g/mol. The summed E-state index contributed by atoms with van der Waals surface area (Å²) in [4.78, 5) is 0. The molecule has 2 heteroatoms. The van der Waals surface area contributed by atoms with Gasteiger partial charge in [0.1, 0.15) is 12.4 Å². The Morgan fingerprint density at radius 2 is 1.82 bits per heavy atom. The third-order valence-corrected chi connectivity index (χ3v) is 3.18. The Morgan fingerprint density at radius 3 is 2.71 bits per heavy atom. The normalized spacial score (nSPS) is 12.1. The van der Waals surface area contributed by atoms with E-state index in [1.165, 1.54) is 22.3 Å². The van der Waals surface area contributed by atoms with E-state index >= 15 is 0 Å². The lowest BCUT2D eigenvalue weighted by Gasteiger charge is -2.09. The van der Waals surface area contributed by atoms with E-state index in [1.807, 2.05) is 12.1 Å². The molecule has 0 unspecified atom stereocenters. The molecule has 1 aliphatic rings. The van der Waals surface area contributed by atoms with Crippen LogP contribution in [0.25, 0.3) is 11.1 Å². The first kappa shape index (κ1) is 10.4. The number of benzene rings is 2. The van der Waals surface area contributed by atoms with E-state index in [0.29, 0.717) is 13.2 Å². The van der Waals surface area contributed by atoms with Gasteiger partial charge in [0.2, 0.25) is 0 Å². The van der Waals surface area contributed by atoms with E-state index in [-0.39, 0.29) is 0 Å². The van der Waals surface area contributed by atoms with Crippen molar-refractivity contribution in [1.29, 1.82) is 0 Å². The summed E-state index contributed by atoms with van der Waals surface area (Å²) >= 11 is 0. The molecule has 3 rings (SSSR count). The quantitative estimate of drug-likeness (QED) is 0.743. The number of hydrogen-bond acceptors (Lipinski definition) is 2. The number of rotatable bonds is 3. The zero-order valence-corrected chi connectivity index (χ0v) is 9.65. The zero-order chi connectivity index (χ0) is 11.7. The maximum Gasteiger partial charge on any atom is 0.123 e. The fraction of sp³-hybridized carbons (Fsp3) is 0.200. The molecule has 86 valence electrons. The van der Waals surface area contributed by atoms with Crippen LogP contribution in [0.5, 0.6) is 5.75 Å². The van der Waals surface area contributed by atoms with Crippen molar-refractivity contribution in [3.8, 4) is 16.9 Å². The van der Waals surface area contributed by atoms with Crippen molar-refractivity contribution < 1.29 is 4.74 Å². The molecule has 0 saturated carbocycles. The summed E-state index contributed by atoms with van der Waals surface area (Å²) < 4.78 is 5.70. The van der Waals surface area contributed by atoms with Crippen LogP contribution in [-0.4, -0.2) is 13.2 Å². The Labute approximate surface area is 101 Å². The molecule has 2 N–H and O–H groups in total. The molecule has 0 aromatic heterocycles. The van der Waals surface area contributed by atoms with Gasteiger partial charge < -0.3 is 10.5 Å². The number of nitrogens with two attached hydrogens (primary N) is 1. The molecule has 17 heavy (non-hydrogen) atoms. The number of fused-ring (bicyclic) bond motifs is 3. The standard InChI is InChI=1S/C15H15NO/c16-8-9-17-15-7-3-6-13-12-5-2-1-4-11(12)10-14(13)15/h1-7H,8-10,16H2. The van der Waals surface area contributed by atoms with E-state index in [0.717, 1.165) is 12.2 Å². The Bertz CT molecular complexity index is 548. The predicted molar refractivity (Wildman–Crippen MR) is 69.2 cm³/mol. The second-order valence-corrected chi connectivity index (χ2v) is 4.25. The van der Waals surface area contributed by atoms with Crippen molar-refractivity contribution in [2.75, 3.05) is 13.2 Å². The van der Waals surface area contributed by atoms with Gasteiger partial charge >= 0.3 is 0 Å². The Hall–Kier alpha value is -1.80. The molecule has 0 heterocycles. The van der Waals surface area contributed by atoms with Gasteiger partial charge in [-0.05, 0) is 22.8 Å². The number of ether oxygens (including phenoxy) is 1. The molecule has 0 radical (unpaired) electrons. The largest absolute Gasteiger partial charge is 0.492 e. The molecule has 0 spiro atoms. The average Bonchev–Trinajstić information content (AvgIpc) is 2.75. The molecule has 2 aromatic carbocycles. The molecule has 2 nitrogen and oxygen atoms in total. The van der Waals surface area contributed by atoms with Gasteiger partial charge in [-0.1, -0.05) is 36.4 Å². The van der Waals surface area contributed by atoms with Crippen LogP contribution >= 0.6 is 0 Å². The van der Waals surface area contributed by atoms with Crippen LogP contribution < -0.4 is 10.5 Å². The highest BCUT2D eigenvalue weighted by Gasteiger charge is 2.20. The first-order chi connectivity index (χ1) is 8.40. The summed E-state index contributed by atoms with van der Waals surface area (Å²) in [6.07, 6.45) is 0.965. The lowest BCUT2D eigenvalue weighted by atomic mass is 10.1. The molecular formula is C15H15NO. The molecule has 0 saturated heterocycles. The van der Waals surface area contributed by atoms with Gasteiger partial charge in [-0.3, -0.25) is 0 Å². The highest BCUT2D eigenvalue weighted by atomic mass is 16.5. The topological polar surface area (TPSA) is 35.2 Å². The fourth-order valence-corrected chi connectivity index (χ4v) is 2.43. The van der Waals surface area contributed by atoms with Gasteiger partial charge in [0, 0.05) is 18.5 Å². The maximum absolute atomic E-state index is 5.70. The molecule has 0 fully saturated rings.